The summed E-state index contributed by atoms with van der Waals surface area (Å²) in [5.41, 5.74) is 2.71. The van der Waals surface area contributed by atoms with Crippen LogP contribution in [0.15, 0.2) is 29.3 Å². The summed E-state index contributed by atoms with van der Waals surface area (Å²) in [6.45, 7) is 11.5. The van der Waals surface area contributed by atoms with Crippen molar-refractivity contribution in [3.63, 3.8) is 0 Å². The maximum atomic E-state index is 5.46. The van der Waals surface area contributed by atoms with Crippen LogP contribution in [0.1, 0.15) is 24.0 Å². The Kier molecular flexibility index (Phi) is 12.6. The van der Waals surface area contributed by atoms with Crippen LogP contribution < -0.4 is 10.6 Å². The van der Waals surface area contributed by atoms with Gasteiger partial charge >= 0.3 is 0 Å². The molecule has 2 fully saturated rings. The molecule has 1 aromatic carbocycles. The fraction of sp³-hybridized carbons (Fsp3) is 0.682. The standard InChI is InChI=1S/C22H37N5O2.HI/c1-23-22(24-8-4-5-9-26-10-14-28-15-11-26)25-18-20-6-2-3-7-21(20)19-27-12-16-29-17-13-27;/h2-3,6-7H,4-5,8-19H2,1H3,(H2,23,24,25);1H. The first-order valence-electron chi connectivity index (χ1n) is 11.0. The molecule has 0 atom stereocenters. The zero-order valence-electron chi connectivity index (χ0n) is 18.3. The summed E-state index contributed by atoms with van der Waals surface area (Å²) in [6.07, 6.45) is 2.35. The van der Waals surface area contributed by atoms with E-state index in [1.54, 1.807) is 0 Å². The third kappa shape index (κ3) is 9.05. The van der Waals surface area contributed by atoms with E-state index >= 15 is 0 Å². The molecule has 7 nitrogen and oxygen atoms in total. The molecule has 1 aromatic rings. The van der Waals surface area contributed by atoms with Crippen LogP contribution in [0.4, 0.5) is 0 Å². The van der Waals surface area contributed by atoms with E-state index in [0.717, 1.165) is 91.2 Å². The van der Waals surface area contributed by atoms with Gasteiger partial charge in [0.2, 0.25) is 0 Å². The van der Waals surface area contributed by atoms with Crippen molar-refractivity contribution in [2.45, 2.75) is 25.9 Å². The molecule has 0 saturated carbocycles. The van der Waals surface area contributed by atoms with Crippen LogP contribution >= 0.6 is 24.0 Å². The Balaban J connectivity index is 0.00000320. The Morgan fingerprint density at radius 2 is 1.53 bits per heavy atom. The van der Waals surface area contributed by atoms with Gasteiger partial charge in [-0.1, -0.05) is 24.3 Å². The zero-order chi connectivity index (χ0) is 20.2. The van der Waals surface area contributed by atoms with Gasteiger partial charge in [-0.2, -0.15) is 0 Å². The molecule has 30 heavy (non-hydrogen) atoms. The second kappa shape index (κ2) is 15.0. The number of morpholine rings is 2. The van der Waals surface area contributed by atoms with Crippen LogP contribution in [0.2, 0.25) is 0 Å². The Morgan fingerprint density at radius 3 is 2.20 bits per heavy atom. The molecule has 0 spiro atoms. The van der Waals surface area contributed by atoms with E-state index in [1.807, 2.05) is 7.05 Å². The van der Waals surface area contributed by atoms with E-state index in [1.165, 1.54) is 17.5 Å². The van der Waals surface area contributed by atoms with Crippen molar-refractivity contribution in [3.05, 3.63) is 35.4 Å². The fourth-order valence-corrected chi connectivity index (χ4v) is 3.78. The lowest BCUT2D eigenvalue weighted by molar-refractivity contribution is 0.0341. The molecule has 0 aliphatic carbocycles. The molecule has 0 aromatic heterocycles. The normalized spacial score (nSPS) is 18.6. The molecule has 2 heterocycles. The van der Waals surface area contributed by atoms with Gasteiger partial charge in [-0.15, -0.1) is 24.0 Å². The van der Waals surface area contributed by atoms with E-state index in [0.29, 0.717) is 0 Å². The molecule has 0 unspecified atom stereocenters. The van der Waals surface area contributed by atoms with E-state index in [2.05, 4.69) is 49.7 Å². The van der Waals surface area contributed by atoms with Crippen LogP contribution in [0, 0.1) is 0 Å². The van der Waals surface area contributed by atoms with Gasteiger partial charge in [-0.05, 0) is 30.5 Å². The number of rotatable bonds is 9. The van der Waals surface area contributed by atoms with Gasteiger partial charge in [-0.3, -0.25) is 14.8 Å². The largest absolute Gasteiger partial charge is 0.379 e. The lowest BCUT2D eigenvalue weighted by atomic mass is 10.1. The summed E-state index contributed by atoms with van der Waals surface area (Å²) in [7, 11) is 1.84. The van der Waals surface area contributed by atoms with Crippen LogP contribution in [-0.4, -0.2) is 88.5 Å². The number of nitrogens with one attached hydrogen (secondary N) is 2. The first-order chi connectivity index (χ1) is 14.3. The average molecular weight is 531 g/mol. The Morgan fingerprint density at radius 1 is 0.900 bits per heavy atom. The van der Waals surface area contributed by atoms with Crippen LogP contribution in [0.5, 0.6) is 0 Å². The summed E-state index contributed by atoms with van der Waals surface area (Å²) in [6, 6.07) is 8.68. The number of hydrogen-bond acceptors (Lipinski definition) is 5. The smallest absolute Gasteiger partial charge is 0.191 e. The summed E-state index contributed by atoms with van der Waals surface area (Å²) in [5.74, 6) is 0.873. The van der Waals surface area contributed by atoms with E-state index in [-0.39, 0.29) is 24.0 Å². The molecule has 3 rings (SSSR count). The number of aliphatic imine (C=N–C) groups is 1. The first-order valence-corrected chi connectivity index (χ1v) is 11.0. The summed E-state index contributed by atoms with van der Waals surface area (Å²) >= 11 is 0. The number of hydrogen-bond donors (Lipinski definition) is 2. The van der Waals surface area contributed by atoms with Crippen molar-refractivity contribution in [2.24, 2.45) is 4.99 Å². The quantitative estimate of drug-likeness (QED) is 0.220. The van der Waals surface area contributed by atoms with Crippen LogP contribution in [0.3, 0.4) is 0 Å². The van der Waals surface area contributed by atoms with Crippen LogP contribution in [0.25, 0.3) is 0 Å². The fourth-order valence-electron chi connectivity index (χ4n) is 3.78. The third-order valence-electron chi connectivity index (χ3n) is 5.58. The predicted octanol–water partition coefficient (Wildman–Crippen LogP) is 1.91. The number of nitrogens with zero attached hydrogens (tertiary/aromatic N) is 3. The molecule has 0 radical (unpaired) electrons. The number of ether oxygens (including phenoxy) is 2. The molecule has 0 amide bonds. The van der Waals surface area contributed by atoms with E-state index < -0.39 is 0 Å². The summed E-state index contributed by atoms with van der Waals surface area (Å²) in [4.78, 5) is 9.33. The van der Waals surface area contributed by atoms with Gasteiger partial charge in [0.1, 0.15) is 0 Å². The molecule has 0 bridgehead atoms. The zero-order valence-corrected chi connectivity index (χ0v) is 20.6. The number of benzene rings is 1. The highest BCUT2D eigenvalue weighted by Crippen LogP contribution is 2.13. The molecule has 2 N–H and O–H groups in total. The maximum absolute atomic E-state index is 5.46. The molecule has 2 aliphatic rings. The highest BCUT2D eigenvalue weighted by atomic mass is 127. The molecule has 2 aliphatic heterocycles. The average Bonchev–Trinajstić information content (AvgIpc) is 2.78. The number of guanidine groups is 1. The molecule has 8 heteroatoms. The van der Waals surface area contributed by atoms with Gasteiger partial charge in [0, 0.05) is 52.9 Å². The Bertz CT molecular complexity index is 619. The predicted molar refractivity (Wildman–Crippen MR) is 133 cm³/mol. The van der Waals surface area contributed by atoms with Crippen molar-refractivity contribution >= 4 is 29.9 Å². The third-order valence-corrected chi connectivity index (χ3v) is 5.58. The monoisotopic (exact) mass is 531 g/mol. The second-order valence-corrected chi connectivity index (χ2v) is 7.67. The van der Waals surface area contributed by atoms with E-state index in [9.17, 15) is 0 Å². The molecule has 2 saturated heterocycles. The SMILES string of the molecule is CN=C(NCCCCN1CCOCC1)NCc1ccccc1CN1CCOCC1.I. The van der Waals surface area contributed by atoms with Gasteiger partial charge in [0.25, 0.3) is 0 Å². The summed E-state index contributed by atoms with van der Waals surface area (Å²) < 4.78 is 10.9. The minimum absolute atomic E-state index is 0. The lowest BCUT2D eigenvalue weighted by Gasteiger charge is -2.27. The van der Waals surface area contributed by atoms with Crippen molar-refractivity contribution < 1.29 is 9.47 Å². The van der Waals surface area contributed by atoms with Crippen LogP contribution in [-0.2, 0) is 22.6 Å². The lowest BCUT2D eigenvalue weighted by Crippen LogP contribution is -2.39. The topological polar surface area (TPSA) is 61.4 Å². The maximum Gasteiger partial charge on any atom is 0.191 e. The van der Waals surface area contributed by atoms with Crippen molar-refractivity contribution in [1.82, 2.24) is 20.4 Å². The molecule has 170 valence electrons. The minimum Gasteiger partial charge on any atom is -0.379 e. The Labute approximate surface area is 198 Å². The number of halogens is 1. The van der Waals surface area contributed by atoms with Crippen molar-refractivity contribution in [3.8, 4) is 0 Å². The molecular formula is C22H38IN5O2. The van der Waals surface area contributed by atoms with E-state index in [4.69, 9.17) is 9.47 Å². The number of unbranched alkanes of at least 4 members (excludes halogenated alkanes) is 1. The Hall–Kier alpha value is -0.940. The first kappa shape index (κ1) is 25.3. The van der Waals surface area contributed by atoms with Gasteiger partial charge in [0.15, 0.2) is 5.96 Å². The molecular weight excluding hydrogens is 493 g/mol. The summed E-state index contributed by atoms with van der Waals surface area (Å²) in [5, 5.41) is 6.92. The van der Waals surface area contributed by atoms with Crippen molar-refractivity contribution in [1.29, 1.82) is 0 Å². The highest BCUT2D eigenvalue weighted by Gasteiger charge is 2.13. The second-order valence-electron chi connectivity index (χ2n) is 7.67. The van der Waals surface area contributed by atoms with Gasteiger partial charge in [-0.25, -0.2) is 0 Å². The van der Waals surface area contributed by atoms with Gasteiger partial charge in [0.05, 0.1) is 26.4 Å². The van der Waals surface area contributed by atoms with Gasteiger partial charge < -0.3 is 20.1 Å². The highest BCUT2D eigenvalue weighted by molar-refractivity contribution is 14.0. The minimum atomic E-state index is 0. The van der Waals surface area contributed by atoms with Crippen molar-refractivity contribution in [2.75, 3.05) is 72.7 Å².